The Morgan fingerprint density at radius 2 is 1.32 bits per heavy atom. The van der Waals surface area contributed by atoms with E-state index in [-0.39, 0.29) is 17.5 Å². The van der Waals surface area contributed by atoms with Crippen LogP contribution < -0.4 is 14.8 Å². The molecule has 2 aromatic rings. The minimum Gasteiger partial charge on any atom is -0.504 e. The van der Waals surface area contributed by atoms with Crippen LogP contribution in [-0.2, 0) is 0 Å². The van der Waals surface area contributed by atoms with Crippen LogP contribution >= 0.6 is 23.2 Å². The van der Waals surface area contributed by atoms with Crippen LogP contribution in [-0.4, -0.2) is 18.4 Å². The van der Waals surface area contributed by atoms with Crippen molar-refractivity contribution in [2.45, 2.75) is 90.9 Å². The van der Waals surface area contributed by atoms with E-state index in [0.29, 0.717) is 28.6 Å². The monoisotopic (exact) mass is 509 g/mol. The summed E-state index contributed by atoms with van der Waals surface area (Å²) in [6, 6.07) is 9.25. The Bertz CT molecular complexity index is 845. The van der Waals surface area contributed by atoms with Gasteiger partial charge in [-0.3, -0.25) is 0 Å². The van der Waals surface area contributed by atoms with E-state index in [0.717, 1.165) is 12.2 Å². The third-order valence-corrected chi connectivity index (χ3v) is 6.87. The standard InChI is InChI=1S/C28H41Cl2NO3/c1-3-4-5-6-7-8-9-10-11-12-13-16-19-33-25-17-14-15-18-26(25)34-21-31-24-20-23(29)22(2)27(30)28(24)32/h14-15,17-18,20,31-32H,3-13,16,19,21H2,1-2H3. The van der Waals surface area contributed by atoms with Gasteiger partial charge in [-0.25, -0.2) is 0 Å². The first-order valence-corrected chi connectivity index (χ1v) is 13.6. The molecule has 0 saturated heterocycles. The fraction of sp³-hybridized carbons (Fsp3) is 0.571. The maximum absolute atomic E-state index is 10.2. The SMILES string of the molecule is CCCCCCCCCCCCCCOc1ccccc1OCNc1cc(Cl)c(C)c(Cl)c1O. The van der Waals surface area contributed by atoms with Crippen LogP contribution in [0.1, 0.15) is 89.5 Å². The smallest absolute Gasteiger partial charge is 0.163 e. The predicted octanol–water partition coefficient (Wildman–Crippen LogP) is 9.54. The molecule has 0 aliphatic carbocycles. The first-order valence-electron chi connectivity index (χ1n) is 12.8. The summed E-state index contributed by atoms with van der Waals surface area (Å²) < 4.78 is 11.8. The van der Waals surface area contributed by atoms with Crippen molar-refractivity contribution in [1.82, 2.24) is 0 Å². The van der Waals surface area contributed by atoms with Gasteiger partial charge in [0.1, 0.15) is 0 Å². The molecule has 0 atom stereocenters. The van der Waals surface area contributed by atoms with Gasteiger partial charge in [0.15, 0.2) is 24.0 Å². The molecule has 0 saturated carbocycles. The lowest BCUT2D eigenvalue weighted by Crippen LogP contribution is -2.10. The third-order valence-electron chi connectivity index (χ3n) is 6.02. The predicted molar refractivity (Wildman–Crippen MR) is 145 cm³/mol. The number of phenols is 1. The largest absolute Gasteiger partial charge is 0.504 e. The molecule has 6 heteroatoms. The van der Waals surface area contributed by atoms with Crippen LogP contribution in [0.2, 0.25) is 10.0 Å². The Balaban J connectivity index is 1.61. The summed E-state index contributed by atoms with van der Waals surface area (Å²) in [6.07, 6.45) is 15.9. The summed E-state index contributed by atoms with van der Waals surface area (Å²) in [5.74, 6) is 1.33. The summed E-state index contributed by atoms with van der Waals surface area (Å²) in [7, 11) is 0. The second-order valence-corrected chi connectivity index (χ2v) is 9.63. The summed E-state index contributed by atoms with van der Waals surface area (Å²) in [5.41, 5.74) is 1.07. The van der Waals surface area contributed by atoms with Crippen LogP contribution in [0.25, 0.3) is 0 Å². The van der Waals surface area contributed by atoms with Gasteiger partial charge in [-0.15, -0.1) is 0 Å². The van der Waals surface area contributed by atoms with E-state index in [4.69, 9.17) is 32.7 Å². The van der Waals surface area contributed by atoms with Crippen LogP contribution in [0, 0.1) is 6.92 Å². The molecular formula is C28H41Cl2NO3. The van der Waals surface area contributed by atoms with E-state index >= 15 is 0 Å². The number of rotatable bonds is 18. The zero-order chi connectivity index (χ0) is 24.6. The number of para-hydroxylation sites is 2. The fourth-order valence-electron chi connectivity index (χ4n) is 3.84. The molecule has 0 bridgehead atoms. The Kier molecular flexibility index (Phi) is 14.0. The maximum atomic E-state index is 10.2. The lowest BCUT2D eigenvalue weighted by molar-refractivity contribution is 0.272. The number of phenolic OH excluding ortho intramolecular Hbond substituents is 1. The number of anilines is 1. The van der Waals surface area contributed by atoms with Crippen molar-refractivity contribution >= 4 is 28.9 Å². The minimum atomic E-state index is -0.0383. The maximum Gasteiger partial charge on any atom is 0.163 e. The molecule has 0 aliphatic rings. The average Bonchev–Trinajstić information content (AvgIpc) is 2.84. The topological polar surface area (TPSA) is 50.7 Å². The number of hydrogen-bond donors (Lipinski definition) is 2. The first kappa shape index (κ1) is 28.5. The van der Waals surface area contributed by atoms with Crippen molar-refractivity contribution in [3.8, 4) is 17.2 Å². The zero-order valence-electron chi connectivity index (χ0n) is 20.8. The van der Waals surface area contributed by atoms with E-state index < -0.39 is 0 Å². The summed E-state index contributed by atoms with van der Waals surface area (Å²) in [6.45, 7) is 4.84. The number of aromatic hydroxyl groups is 1. The molecule has 0 unspecified atom stereocenters. The lowest BCUT2D eigenvalue weighted by Gasteiger charge is -2.15. The Morgan fingerprint density at radius 1 is 0.794 bits per heavy atom. The lowest BCUT2D eigenvalue weighted by atomic mass is 10.1. The van der Waals surface area contributed by atoms with Crippen molar-refractivity contribution in [2.24, 2.45) is 0 Å². The van der Waals surface area contributed by atoms with Crippen molar-refractivity contribution in [3.63, 3.8) is 0 Å². The highest BCUT2D eigenvalue weighted by atomic mass is 35.5. The Morgan fingerprint density at radius 3 is 1.91 bits per heavy atom. The molecule has 34 heavy (non-hydrogen) atoms. The molecule has 0 amide bonds. The van der Waals surface area contributed by atoms with Crippen LogP contribution in [0.4, 0.5) is 5.69 Å². The molecule has 2 N–H and O–H groups in total. The molecule has 2 rings (SSSR count). The fourth-order valence-corrected chi connectivity index (χ4v) is 4.30. The molecule has 0 heterocycles. The highest BCUT2D eigenvalue weighted by Gasteiger charge is 2.12. The van der Waals surface area contributed by atoms with Crippen molar-refractivity contribution in [2.75, 3.05) is 18.7 Å². The van der Waals surface area contributed by atoms with Gasteiger partial charge in [-0.05, 0) is 37.1 Å². The zero-order valence-corrected chi connectivity index (χ0v) is 22.3. The van der Waals surface area contributed by atoms with Gasteiger partial charge in [-0.1, -0.05) is 113 Å². The van der Waals surface area contributed by atoms with Crippen LogP contribution in [0.15, 0.2) is 30.3 Å². The van der Waals surface area contributed by atoms with Gasteiger partial charge in [0, 0.05) is 5.02 Å². The average molecular weight is 511 g/mol. The minimum absolute atomic E-state index is 0.0383. The molecule has 4 nitrogen and oxygen atoms in total. The third kappa shape index (κ3) is 10.2. The summed E-state index contributed by atoms with van der Waals surface area (Å²) >= 11 is 12.3. The Hall–Kier alpha value is -1.78. The number of nitrogens with one attached hydrogen (secondary N) is 1. The van der Waals surface area contributed by atoms with Crippen molar-refractivity contribution in [1.29, 1.82) is 0 Å². The number of benzene rings is 2. The highest BCUT2D eigenvalue weighted by Crippen LogP contribution is 2.38. The van der Waals surface area contributed by atoms with E-state index in [1.165, 1.54) is 70.6 Å². The molecule has 0 spiro atoms. The molecule has 190 valence electrons. The van der Waals surface area contributed by atoms with Crippen LogP contribution in [0.5, 0.6) is 17.2 Å². The Labute approximate surface area is 216 Å². The van der Waals surface area contributed by atoms with Gasteiger partial charge in [0.05, 0.1) is 17.3 Å². The molecular weight excluding hydrogens is 469 g/mol. The second kappa shape index (κ2) is 16.8. The first-order chi connectivity index (χ1) is 16.5. The molecule has 2 aromatic carbocycles. The van der Waals surface area contributed by atoms with E-state index in [1.807, 2.05) is 24.3 Å². The van der Waals surface area contributed by atoms with Gasteiger partial charge in [-0.2, -0.15) is 0 Å². The van der Waals surface area contributed by atoms with Gasteiger partial charge < -0.3 is 19.9 Å². The molecule has 0 radical (unpaired) electrons. The van der Waals surface area contributed by atoms with Gasteiger partial charge >= 0.3 is 0 Å². The summed E-state index contributed by atoms with van der Waals surface area (Å²) in [4.78, 5) is 0. The van der Waals surface area contributed by atoms with Crippen molar-refractivity contribution < 1.29 is 14.6 Å². The second-order valence-electron chi connectivity index (χ2n) is 8.84. The van der Waals surface area contributed by atoms with Crippen LogP contribution in [0.3, 0.4) is 0 Å². The quantitative estimate of drug-likeness (QED) is 0.119. The normalized spacial score (nSPS) is 10.9. The van der Waals surface area contributed by atoms with E-state index in [2.05, 4.69) is 12.2 Å². The molecule has 0 fully saturated rings. The van der Waals surface area contributed by atoms with E-state index in [1.54, 1.807) is 13.0 Å². The van der Waals surface area contributed by atoms with E-state index in [9.17, 15) is 5.11 Å². The number of unbranched alkanes of at least 4 members (excludes halogenated alkanes) is 11. The number of ether oxygens (including phenoxy) is 2. The van der Waals surface area contributed by atoms with Crippen molar-refractivity contribution in [3.05, 3.63) is 45.9 Å². The highest BCUT2D eigenvalue weighted by molar-refractivity contribution is 6.37. The summed E-state index contributed by atoms with van der Waals surface area (Å²) in [5, 5.41) is 13.9. The van der Waals surface area contributed by atoms with Gasteiger partial charge in [0.25, 0.3) is 0 Å². The number of halogens is 2. The number of hydrogen-bond acceptors (Lipinski definition) is 4. The molecule has 0 aliphatic heterocycles. The van der Waals surface area contributed by atoms with Gasteiger partial charge in [0.2, 0.25) is 0 Å². The molecule has 0 aromatic heterocycles.